The number of carbonyl (C=O) groups is 2. The Kier molecular flexibility index (Phi) is 6.21. The van der Waals surface area contributed by atoms with Crippen LogP contribution in [-0.2, 0) is 16.0 Å². The van der Waals surface area contributed by atoms with Gasteiger partial charge in [-0.25, -0.2) is 0 Å². The molecule has 7 heteroatoms. The smallest absolute Gasteiger partial charge is 0.308 e. The number of nitrogens with one attached hydrogen (secondary N) is 1. The van der Waals surface area contributed by atoms with E-state index in [0.717, 1.165) is 30.4 Å². The second kappa shape index (κ2) is 8.79. The number of aromatic nitrogens is 2. The Bertz CT molecular complexity index is 785. The predicted molar refractivity (Wildman–Crippen MR) is 98.9 cm³/mol. The molecule has 0 spiro atoms. The van der Waals surface area contributed by atoms with Crippen LogP contribution in [0.3, 0.4) is 0 Å². The minimum Gasteiger partial charge on any atom is -0.481 e. The average molecular weight is 371 g/mol. The molecule has 1 fully saturated rings. The number of rotatable bonds is 6. The van der Waals surface area contributed by atoms with E-state index in [4.69, 9.17) is 4.52 Å². The molecule has 3 rings (SSSR count). The lowest BCUT2D eigenvalue weighted by molar-refractivity contribution is -0.143. The highest BCUT2D eigenvalue weighted by Gasteiger charge is 2.30. The third-order valence-electron chi connectivity index (χ3n) is 5.02. The first kappa shape index (κ1) is 19.1. The zero-order valence-corrected chi connectivity index (χ0v) is 15.5. The van der Waals surface area contributed by atoms with Gasteiger partial charge in [-0.2, -0.15) is 4.98 Å². The Labute approximate surface area is 158 Å². The fraction of sp³-hybridized carbons (Fsp3) is 0.500. The molecule has 1 amide bonds. The van der Waals surface area contributed by atoms with Crippen LogP contribution in [0.5, 0.6) is 0 Å². The van der Waals surface area contributed by atoms with Crippen molar-refractivity contribution in [2.24, 2.45) is 5.92 Å². The van der Waals surface area contributed by atoms with Gasteiger partial charge in [0, 0.05) is 24.4 Å². The molecule has 1 aromatic carbocycles. The molecule has 2 aromatic rings. The number of aryl methyl sites for hydroxylation is 2. The number of nitrogens with zero attached hydrogens (tertiary/aromatic N) is 2. The van der Waals surface area contributed by atoms with E-state index in [1.165, 1.54) is 0 Å². The van der Waals surface area contributed by atoms with Crippen molar-refractivity contribution >= 4 is 11.9 Å². The normalized spacial score (nSPS) is 20.0. The number of carbonyl (C=O) groups excluding carboxylic acids is 1. The summed E-state index contributed by atoms with van der Waals surface area (Å²) in [7, 11) is 0. The summed E-state index contributed by atoms with van der Waals surface area (Å²) in [4.78, 5) is 28.1. The number of hydrogen-bond donors (Lipinski definition) is 2. The highest BCUT2D eigenvalue weighted by molar-refractivity contribution is 5.78. The molecule has 0 bridgehead atoms. The van der Waals surface area contributed by atoms with E-state index in [2.05, 4.69) is 15.5 Å². The molecular weight excluding hydrogens is 346 g/mol. The first-order chi connectivity index (χ1) is 13.0. The summed E-state index contributed by atoms with van der Waals surface area (Å²) in [5.74, 6) is -0.616. The van der Waals surface area contributed by atoms with Crippen molar-refractivity contribution in [1.82, 2.24) is 15.5 Å². The molecule has 1 aromatic heterocycles. The van der Waals surface area contributed by atoms with Crippen LogP contribution in [0, 0.1) is 12.8 Å². The van der Waals surface area contributed by atoms with Crippen molar-refractivity contribution in [3.8, 4) is 11.4 Å². The summed E-state index contributed by atoms with van der Waals surface area (Å²) in [6.45, 7) is 2.01. The third kappa shape index (κ3) is 5.15. The topological polar surface area (TPSA) is 105 Å². The van der Waals surface area contributed by atoms with Gasteiger partial charge in [0.1, 0.15) is 0 Å². The highest BCUT2D eigenvalue weighted by Crippen LogP contribution is 2.24. The van der Waals surface area contributed by atoms with Crippen molar-refractivity contribution < 1.29 is 19.2 Å². The summed E-state index contributed by atoms with van der Waals surface area (Å²) in [6, 6.07) is 7.50. The van der Waals surface area contributed by atoms with Gasteiger partial charge in [0.05, 0.1) is 5.92 Å². The van der Waals surface area contributed by atoms with Crippen molar-refractivity contribution in [3.05, 3.63) is 35.7 Å². The van der Waals surface area contributed by atoms with Gasteiger partial charge < -0.3 is 14.9 Å². The van der Waals surface area contributed by atoms with Gasteiger partial charge in [-0.15, -0.1) is 0 Å². The second-order valence-corrected chi connectivity index (χ2v) is 7.13. The van der Waals surface area contributed by atoms with Crippen molar-refractivity contribution in [1.29, 1.82) is 0 Å². The van der Waals surface area contributed by atoms with Gasteiger partial charge in [-0.05, 0) is 19.8 Å². The quantitative estimate of drug-likeness (QED) is 0.756. The van der Waals surface area contributed by atoms with Crippen LogP contribution in [0.2, 0.25) is 0 Å². The molecular formula is C20H25N3O4. The molecule has 1 aliphatic carbocycles. The fourth-order valence-electron chi connectivity index (χ4n) is 3.45. The van der Waals surface area contributed by atoms with Crippen LogP contribution in [0.25, 0.3) is 11.4 Å². The summed E-state index contributed by atoms with van der Waals surface area (Å²) >= 11 is 0. The molecule has 1 saturated carbocycles. The van der Waals surface area contributed by atoms with E-state index in [0.29, 0.717) is 31.0 Å². The van der Waals surface area contributed by atoms with Gasteiger partial charge in [-0.3, -0.25) is 9.59 Å². The molecule has 27 heavy (non-hydrogen) atoms. The van der Waals surface area contributed by atoms with E-state index >= 15 is 0 Å². The monoisotopic (exact) mass is 371 g/mol. The largest absolute Gasteiger partial charge is 0.481 e. The van der Waals surface area contributed by atoms with E-state index in [9.17, 15) is 14.7 Å². The predicted octanol–water partition coefficient (Wildman–Crippen LogP) is 3.13. The molecule has 0 aliphatic heterocycles. The Morgan fingerprint density at radius 1 is 1.19 bits per heavy atom. The second-order valence-electron chi connectivity index (χ2n) is 7.13. The highest BCUT2D eigenvalue weighted by atomic mass is 16.5. The standard InChI is InChI=1S/C20H25N3O4/c1-13-7-9-14(10-8-13)19-22-18(27-23-19)12-11-17(24)21-16-6-4-2-3-5-15(16)20(25)26/h7-10,15-16H,2-6,11-12H2,1H3,(H,21,24)(H,25,26)/t15-,16-/m1/s1. The molecule has 2 atom stereocenters. The molecule has 0 unspecified atom stereocenters. The molecule has 1 heterocycles. The van der Waals surface area contributed by atoms with Gasteiger partial charge in [0.25, 0.3) is 0 Å². The SMILES string of the molecule is Cc1ccc(-c2noc(CCC(=O)N[C@@H]3CCCCC[C@H]3C(=O)O)n2)cc1. The Hall–Kier alpha value is -2.70. The lowest BCUT2D eigenvalue weighted by Gasteiger charge is -2.22. The average Bonchev–Trinajstić information content (AvgIpc) is 2.99. The van der Waals surface area contributed by atoms with Gasteiger partial charge >= 0.3 is 5.97 Å². The zero-order chi connectivity index (χ0) is 19.2. The van der Waals surface area contributed by atoms with E-state index in [1.54, 1.807) is 0 Å². The maximum absolute atomic E-state index is 12.3. The van der Waals surface area contributed by atoms with Crippen molar-refractivity contribution in [2.45, 2.75) is 57.9 Å². The first-order valence-electron chi connectivity index (χ1n) is 9.45. The number of hydrogen-bond acceptors (Lipinski definition) is 5. The van der Waals surface area contributed by atoms with Crippen molar-refractivity contribution in [2.75, 3.05) is 0 Å². The zero-order valence-electron chi connectivity index (χ0n) is 15.5. The maximum atomic E-state index is 12.3. The minimum atomic E-state index is -0.832. The molecule has 7 nitrogen and oxygen atoms in total. The molecule has 1 aliphatic rings. The lowest BCUT2D eigenvalue weighted by Crippen LogP contribution is -2.42. The van der Waals surface area contributed by atoms with Crippen LogP contribution >= 0.6 is 0 Å². The number of benzene rings is 1. The summed E-state index contributed by atoms with van der Waals surface area (Å²) < 4.78 is 5.23. The lowest BCUT2D eigenvalue weighted by atomic mass is 9.94. The van der Waals surface area contributed by atoms with Crippen molar-refractivity contribution in [3.63, 3.8) is 0 Å². The summed E-state index contributed by atoms with van der Waals surface area (Å²) in [5, 5.41) is 16.3. The molecule has 144 valence electrons. The Morgan fingerprint density at radius 3 is 2.67 bits per heavy atom. The molecule has 0 saturated heterocycles. The Balaban J connectivity index is 1.54. The van der Waals surface area contributed by atoms with E-state index < -0.39 is 11.9 Å². The van der Waals surface area contributed by atoms with Crippen LogP contribution in [0.4, 0.5) is 0 Å². The molecule has 0 radical (unpaired) electrons. The van der Waals surface area contributed by atoms with Gasteiger partial charge in [0.15, 0.2) is 0 Å². The van der Waals surface area contributed by atoms with Gasteiger partial charge in [-0.1, -0.05) is 54.2 Å². The van der Waals surface area contributed by atoms with E-state index in [1.807, 2.05) is 31.2 Å². The minimum absolute atomic E-state index is 0.178. The van der Waals surface area contributed by atoms with Crippen LogP contribution in [0.1, 0.15) is 50.0 Å². The first-order valence-corrected chi connectivity index (χ1v) is 9.45. The summed E-state index contributed by atoms with van der Waals surface area (Å²) in [5.41, 5.74) is 2.01. The number of carboxylic acid groups (broad SMARTS) is 1. The van der Waals surface area contributed by atoms with E-state index in [-0.39, 0.29) is 18.4 Å². The number of carboxylic acids is 1. The maximum Gasteiger partial charge on any atom is 0.308 e. The van der Waals surface area contributed by atoms with Crippen LogP contribution < -0.4 is 5.32 Å². The fourth-order valence-corrected chi connectivity index (χ4v) is 3.45. The molecule has 2 N–H and O–H groups in total. The van der Waals surface area contributed by atoms with Crippen LogP contribution in [0.15, 0.2) is 28.8 Å². The number of aliphatic carboxylic acids is 1. The Morgan fingerprint density at radius 2 is 1.93 bits per heavy atom. The van der Waals surface area contributed by atoms with Crippen LogP contribution in [-0.4, -0.2) is 33.2 Å². The third-order valence-corrected chi connectivity index (χ3v) is 5.02. The van der Waals surface area contributed by atoms with Gasteiger partial charge in [0.2, 0.25) is 17.6 Å². The number of amides is 1. The summed E-state index contributed by atoms with van der Waals surface area (Å²) in [6.07, 6.45) is 4.70.